The maximum Gasteiger partial charge on any atom is 0.306 e. The van der Waals surface area contributed by atoms with Gasteiger partial charge in [-0.2, -0.15) is 0 Å². The van der Waals surface area contributed by atoms with E-state index in [1.165, 1.54) is 11.0 Å². The van der Waals surface area contributed by atoms with Crippen molar-refractivity contribution in [3.05, 3.63) is 11.6 Å². The zero-order valence-corrected chi connectivity index (χ0v) is 8.27. The molecule has 2 aliphatic rings. The lowest BCUT2D eigenvalue weighted by molar-refractivity contribution is -0.153. The minimum atomic E-state index is -0.852. The Balaban J connectivity index is 2.01. The smallest absolute Gasteiger partial charge is 0.306 e. The zero-order valence-electron chi connectivity index (χ0n) is 8.27. The Morgan fingerprint density at radius 1 is 1.47 bits per heavy atom. The van der Waals surface area contributed by atoms with Crippen LogP contribution in [0.2, 0.25) is 0 Å². The second kappa shape index (κ2) is 3.18. The second-order valence-corrected chi connectivity index (χ2v) is 4.00. The quantitative estimate of drug-likeness (QED) is 0.657. The van der Waals surface area contributed by atoms with E-state index in [1.54, 1.807) is 6.92 Å². The molecule has 1 aliphatic heterocycles. The van der Waals surface area contributed by atoms with Crippen molar-refractivity contribution in [1.82, 2.24) is 4.90 Å². The van der Waals surface area contributed by atoms with Crippen LogP contribution < -0.4 is 0 Å². The summed E-state index contributed by atoms with van der Waals surface area (Å²) in [5, 5.41) is 8.68. The van der Waals surface area contributed by atoms with Crippen molar-refractivity contribution >= 4 is 17.8 Å². The Morgan fingerprint density at radius 2 is 2.07 bits per heavy atom. The van der Waals surface area contributed by atoms with Crippen LogP contribution in [-0.2, 0) is 14.4 Å². The molecule has 0 unspecified atom stereocenters. The van der Waals surface area contributed by atoms with Gasteiger partial charge in [0.05, 0.1) is 5.92 Å². The van der Waals surface area contributed by atoms with Gasteiger partial charge < -0.3 is 5.11 Å². The zero-order chi connectivity index (χ0) is 11.2. The van der Waals surface area contributed by atoms with Crippen LogP contribution >= 0.6 is 0 Å². The number of aliphatic carboxylic acids is 1. The second-order valence-electron chi connectivity index (χ2n) is 4.00. The summed E-state index contributed by atoms with van der Waals surface area (Å²) >= 11 is 0. The highest BCUT2D eigenvalue weighted by atomic mass is 16.4. The molecule has 0 saturated heterocycles. The molecule has 1 N–H and O–H groups in total. The van der Waals surface area contributed by atoms with E-state index in [2.05, 4.69) is 0 Å². The van der Waals surface area contributed by atoms with E-state index in [1.807, 2.05) is 0 Å². The fourth-order valence-electron chi connectivity index (χ4n) is 1.95. The topological polar surface area (TPSA) is 74.7 Å². The molecule has 0 aromatic rings. The number of carbonyl (C=O) groups is 3. The summed E-state index contributed by atoms with van der Waals surface area (Å²) < 4.78 is 0. The van der Waals surface area contributed by atoms with E-state index in [9.17, 15) is 14.4 Å². The molecule has 0 bridgehead atoms. The Kier molecular flexibility index (Phi) is 2.10. The van der Waals surface area contributed by atoms with E-state index in [0.717, 1.165) is 0 Å². The van der Waals surface area contributed by atoms with Crippen LogP contribution in [0.4, 0.5) is 0 Å². The Bertz CT molecular complexity index is 379. The van der Waals surface area contributed by atoms with Crippen LogP contribution in [-0.4, -0.2) is 33.8 Å². The van der Waals surface area contributed by atoms with Crippen molar-refractivity contribution in [3.8, 4) is 0 Å². The number of carboxylic acids is 1. The minimum Gasteiger partial charge on any atom is -0.481 e. The molecule has 0 spiro atoms. The van der Waals surface area contributed by atoms with Crippen LogP contribution in [0.25, 0.3) is 0 Å². The molecule has 0 atom stereocenters. The average molecular weight is 209 g/mol. The van der Waals surface area contributed by atoms with E-state index in [0.29, 0.717) is 18.4 Å². The first-order valence-electron chi connectivity index (χ1n) is 4.79. The standard InChI is InChI=1S/C10H11NO4/c1-5-2-8(12)11(9(5)13)7-3-6(4-7)10(14)15/h2,6-7H,3-4H2,1H3,(H,14,15). The molecule has 1 heterocycles. The molecular weight excluding hydrogens is 198 g/mol. The first-order chi connectivity index (χ1) is 7.00. The molecular formula is C10H11NO4. The molecule has 1 aliphatic carbocycles. The molecule has 15 heavy (non-hydrogen) atoms. The number of rotatable bonds is 2. The normalized spacial score (nSPS) is 30.2. The van der Waals surface area contributed by atoms with Gasteiger partial charge in [-0.3, -0.25) is 19.3 Å². The summed E-state index contributed by atoms with van der Waals surface area (Å²) in [6.07, 6.45) is 2.07. The maximum absolute atomic E-state index is 11.5. The van der Waals surface area contributed by atoms with Crippen molar-refractivity contribution in [2.75, 3.05) is 0 Å². The summed E-state index contributed by atoms with van der Waals surface area (Å²) in [6.45, 7) is 1.59. The van der Waals surface area contributed by atoms with Gasteiger partial charge in [-0.15, -0.1) is 0 Å². The van der Waals surface area contributed by atoms with Crippen LogP contribution in [0.15, 0.2) is 11.6 Å². The molecule has 2 amide bonds. The van der Waals surface area contributed by atoms with Crippen molar-refractivity contribution < 1.29 is 19.5 Å². The molecule has 2 rings (SSSR count). The first kappa shape index (κ1) is 9.89. The van der Waals surface area contributed by atoms with Crippen molar-refractivity contribution in [1.29, 1.82) is 0 Å². The monoisotopic (exact) mass is 209 g/mol. The number of amides is 2. The molecule has 5 nitrogen and oxygen atoms in total. The lowest BCUT2D eigenvalue weighted by Crippen LogP contribution is -2.49. The van der Waals surface area contributed by atoms with Gasteiger partial charge in [0.25, 0.3) is 11.8 Å². The number of nitrogens with zero attached hydrogens (tertiary/aromatic N) is 1. The molecule has 0 aromatic carbocycles. The Labute approximate surface area is 86.4 Å². The maximum atomic E-state index is 11.5. The van der Waals surface area contributed by atoms with E-state index in [-0.39, 0.29) is 17.9 Å². The number of carbonyl (C=O) groups excluding carboxylic acids is 2. The predicted molar refractivity (Wildman–Crippen MR) is 49.8 cm³/mol. The van der Waals surface area contributed by atoms with Gasteiger partial charge in [-0.25, -0.2) is 0 Å². The lowest BCUT2D eigenvalue weighted by Gasteiger charge is -2.37. The highest BCUT2D eigenvalue weighted by Gasteiger charge is 2.44. The SMILES string of the molecule is CC1=CC(=O)N(C2CC(C(=O)O)C2)C1=O. The van der Waals surface area contributed by atoms with Gasteiger partial charge in [0, 0.05) is 17.7 Å². The largest absolute Gasteiger partial charge is 0.481 e. The third kappa shape index (κ3) is 1.44. The first-order valence-corrected chi connectivity index (χ1v) is 4.79. The molecule has 5 heteroatoms. The molecule has 0 radical (unpaired) electrons. The van der Waals surface area contributed by atoms with Crippen LogP contribution in [0.3, 0.4) is 0 Å². The predicted octanol–water partition coefficient (Wildman–Crippen LogP) is 0.165. The summed E-state index contributed by atoms with van der Waals surface area (Å²) in [4.78, 5) is 34.6. The summed E-state index contributed by atoms with van der Waals surface area (Å²) in [5.41, 5.74) is 0.429. The van der Waals surface area contributed by atoms with Crippen molar-refractivity contribution in [3.63, 3.8) is 0 Å². The highest BCUT2D eigenvalue weighted by Crippen LogP contribution is 2.34. The van der Waals surface area contributed by atoms with Gasteiger partial charge in [0.1, 0.15) is 0 Å². The summed E-state index contributed by atoms with van der Waals surface area (Å²) in [7, 11) is 0. The van der Waals surface area contributed by atoms with Crippen LogP contribution in [0.5, 0.6) is 0 Å². The van der Waals surface area contributed by atoms with Crippen molar-refractivity contribution in [2.24, 2.45) is 5.92 Å². The number of carboxylic acid groups (broad SMARTS) is 1. The van der Waals surface area contributed by atoms with Gasteiger partial charge in [-0.1, -0.05) is 0 Å². The Hall–Kier alpha value is -1.65. The van der Waals surface area contributed by atoms with E-state index >= 15 is 0 Å². The number of hydrogen-bond acceptors (Lipinski definition) is 3. The fourth-order valence-corrected chi connectivity index (χ4v) is 1.95. The Morgan fingerprint density at radius 3 is 2.47 bits per heavy atom. The highest BCUT2D eigenvalue weighted by molar-refractivity contribution is 6.16. The van der Waals surface area contributed by atoms with E-state index in [4.69, 9.17) is 5.11 Å². The fraction of sp³-hybridized carbons (Fsp3) is 0.500. The van der Waals surface area contributed by atoms with Gasteiger partial charge >= 0.3 is 5.97 Å². The number of imide groups is 1. The number of hydrogen-bond donors (Lipinski definition) is 1. The van der Waals surface area contributed by atoms with Crippen LogP contribution in [0, 0.1) is 5.92 Å². The molecule has 0 aromatic heterocycles. The molecule has 80 valence electrons. The van der Waals surface area contributed by atoms with Crippen molar-refractivity contribution in [2.45, 2.75) is 25.8 Å². The molecule has 1 fully saturated rings. The van der Waals surface area contributed by atoms with Gasteiger partial charge in [0.15, 0.2) is 0 Å². The lowest BCUT2D eigenvalue weighted by atomic mass is 9.79. The average Bonchev–Trinajstić information content (AvgIpc) is 2.28. The van der Waals surface area contributed by atoms with Gasteiger partial charge in [0.2, 0.25) is 0 Å². The summed E-state index contributed by atoms with van der Waals surface area (Å²) in [5.74, 6) is -1.85. The van der Waals surface area contributed by atoms with Crippen LogP contribution in [0.1, 0.15) is 19.8 Å². The third-order valence-corrected chi connectivity index (χ3v) is 2.96. The van der Waals surface area contributed by atoms with E-state index < -0.39 is 11.9 Å². The minimum absolute atomic E-state index is 0.222. The third-order valence-electron chi connectivity index (χ3n) is 2.96. The summed E-state index contributed by atoms with van der Waals surface area (Å²) in [6, 6.07) is -0.222. The van der Waals surface area contributed by atoms with Gasteiger partial charge in [-0.05, 0) is 19.8 Å². The molecule has 1 saturated carbocycles.